The fraction of sp³-hybridized carbons (Fsp3) is 0. The number of nitrogens with zero attached hydrogens (tertiary/aromatic N) is 4. The number of benzene rings is 7. The largest absolute Gasteiger partial charge is 0.464 e. The standard InChI is InChI=1S/C44H26N4O/c1-3-11-27(12-4-1)40-42(47-38-17-9-7-15-36(38)45-40)29-19-21-31-33-23-24-49-44(33)32-22-20-30(26-35(32)34(31)25-29)43-41(28-13-5-2-6-14-28)46-37-16-8-10-18-39(37)48-43/h1-26H. The molecule has 10 rings (SSSR count). The van der Waals surface area contributed by atoms with E-state index in [-0.39, 0.29) is 0 Å². The number of aromatic nitrogens is 4. The van der Waals surface area contributed by atoms with Crippen molar-refractivity contribution in [2.45, 2.75) is 0 Å². The summed E-state index contributed by atoms with van der Waals surface area (Å²) in [5.41, 5.74) is 11.7. The van der Waals surface area contributed by atoms with Gasteiger partial charge in [-0.05, 0) is 64.7 Å². The minimum absolute atomic E-state index is 0.836. The van der Waals surface area contributed by atoms with Crippen molar-refractivity contribution in [3.05, 3.63) is 158 Å². The van der Waals surface area contributed by atoms with Crippen molar-refractivity contribution in [2.24, 2.45) is 0 Å². The van der Waals surface area contributed by atoms with E-state index >= 15 is 0 Å². The van der Waals surface area contributed by atoms with Gasteiger partial charge in [0.25, 0.3) is 0 Å². The molecule has 0 fully saturated rings. The van der Waals surface area contributed by atoms with Crippen LogP contribution in [0.2, 0.25) is 0 Å². The smallest absolute Gasteiger partial charge is 0.142 e. The molecule has 7 aromatic carbocycles. The minimum atomic E-state index is 0.836. The van der Waals surface area contributed by atoms with E-state index < -0.39 is 0 Å². The Hall–Kier alpha value is -6.72. The van der Waals surface area contributed by atoms with Crippen molar-refractivity contribution in [2.75, 3.05) is 0 Å². The van der Waals surface area contributed by atoms with Crippen LogP contribution in [0.3, 0.4) is 0 Å². The average molecular weight is 627 g/mol. The molecule has 0 saturated carbocycles. The first-order valence-electron chi connectivity index (χ1n) is 16.3. The second kappa shape index (κ2) is 10.9. The molecule has 0 aliphatic heterocycles. The van der Waals surface area contributed by atoms with E-state index in [0.29, 0.717) is 0 Å². The fourth-order valence-electron chi connectivity index (χ4n) is 6.99. The molecule has 228 valence electrons. The summed E-state index contributed by atoms with van der Waals surface area (Å²) in [7, 11) is 0. The van der Waals surface area contributed by atoms with Crippen LogP contribution in [0.4, 0.5) is 0 Å². The van der Waals surface area contributed by atoms with Crippen molar-refractivity contribution < 1.29 is 4.42 Å². The van der Waals surface area contributed by atoms with Crippen LogP contribution in [0.1, 0.15) is 0 Å². The second-order valence-corrected chi connectivity index (χ2v) is 12.2. The maximum Gasteiger partial charge on any atom is 0.142 e. The highest BCUT2D eigenvalue weighted by Crippen LogP contribution is 2.41. The van der Waals surface area contributed by atoms with E-state index in [9.17, 15) is 0 Å². The Kier molecular flexibility index (Phi) is 6.11. The number of hydrogen-bond donors (Lipinski definition) is 0. The Labute approximate surface area is 281 Å². The van der Waals surface area contributed by atoms with Crippen LogP contribution in [0.25, 0.3) is 99.6 Å². The maximum absolute atomic E-state index is 6.13. The van der Waals surface area contributed by atoms with Crippen LogP contribution in [-0.4, -0.2) is 19.9 Å². The summed E-state index contributed by atoms with van der Waals surface area (Å²) in [6, 6.07) is 51.8. The Morgan fingerprint density at radius 2 is 0.694 bits per heavy atom. The molecule has 5 heteroatoms. The summed E-state index contributed by atoms with van der Waals surface area (Å²) in [6.07, 6.45) is 1.77. The zero-order valence-electron chi connectivity index (χ0n) is 26.2. The SMILES string of the molecule is c1ccc(-c2nc3ccccc3nc2-c2ccc3c(c2)c2cc(-c4nc5ccccc5nc4-c4ccccc4)ccc2c2occc32)cc1. The third-order valence-electron chi connectivity index (χ3n) is 9.31. The van der Waals surface area contributed by atoms with Gasteiger partial charge in [-0.25, -0.2) is 19.9 Å². The van der Waals surface area contributed by atoms with Crippen molar-refractivity contribution in [1.29, 1.82) is 0 Å². The zero-order chi connectivity index (χ0) is 32.3. The van der Waals surface area contributed by atoms with E-state index in [1.165, 1.54) is 0 Å². The van der Waals surface area contributed by atoms with Crippen molar-refractivity contribution in [1.82, 2.24) is 19.9 Å². The van der Waals surface area contributed by atoms with Crippen molar-refractivity contribution in [3.63, 3.8) is 0 Å². The van der Waals surface area contributed by atoms with E-state index in [1.807, 2.05) is 84.9 Å². The molecule has 0 atom stereocenters. The Morgan fingerprint density at radius 1 is 0.306 bits per heavy atom. The molecule has 0 aliphatic rings. The van der Waals surface area contributed by atoms with Crippen LogP contribution < -0.4 is 0 Å². The van der Waals surface area contributed by atoms with E-state index in [0.717, 1.165) is 99.6 Å². The summed E-state index contributed by atoms with van der Waals surface area (Å²) in [4.78, 5) is 20.7. The molecule has 0 amide bonds. The number of hydrogen-bond acceptors (Lipinski definition) is 5. The van der Waals surface area contributed by atoms with Crippen molar-refractivity contribution >= 4 is 54.6 Å². The second-order valence-electron chi connectivity index (χ2n) is 12.2. The zero-order valence-corrected chi connectivity index (χ0v) is 26.2. The van der Waals surface area contributed by atoms with E-state index in [1.54, 1.807) is 6.26 Å². The van der Waals surface area contributed by atoms with Gasteiger partial charge in [0.15, 0.2) is 0 Å². The Balaban J connectivity index is 1.26. The topological polar surface area (TPSA) is 64.7 Å². The van der Waals surface area contributed by atoms with Gasteiger partial charge in [-0.2, -0.15) is 0 Å². The normalized spacial score (nSPS) is 11.7. The summed E-state index contributed by atoms with van der Waals surface area (Å²) < 4.78 is 6.13. The molecule has 0 saturated heterocycles. The summed E-state index contributed by atoms with van der Waals surface area (Å²) in [5.74, 6) is 0. The molecule has 0 spiro atoms. The predicted molar refractivity (Wildman–Crippen MR) is 199 cm³/mol. The first-order chi connectivity index (χ1) is 24.3. The average Bonchev–Trinajstić information content (AvgIpc) is 3.68. The summed E-state index contributed by atoms with van der Waals surface area (Å²) in [6.45, 7) is 0. The van der Waals surface area contributed by atoms with Gasteiger partial charge in [-0.15, -0.1) is 0 Å². The number of rotatable bonds is 4. The molecule has 3 heterocycles. The molecule has 5 nitrogen and oxygen atoms in total. The van der Waals surface area contributed by atoms with Gasteiger partial charge in [0, 0.05) is 33.0 Å². The highest BCUT2D eigenvalue weighted by atomic mass is 16.3. The van der Waals surface area contributed by atoms with Gasteiger partial charge in [-0.1, -0.05) is 103 Å². The van der Waals surface area contributed by atoms with Crippen LogP contribution in [0.5, 0.6) is 0 Å². The molecule has 0 radical (unpaired) electrons. The van der Waals surface area contributed by atoms with Gasteiger partial charge in [-0.3, -0.25) is 0 Å². The Bertz CT molecular complexity index is 2680. The molecular formula is C44H26N4O. The monoisotopic (exact) mass is 626 g/mol. The van der Waals surface area contributed by atoms with Crippen LogP contribution in [-0.2, 0) is 0 Å². The number of para-hydroxylation sites is 4. The van der Waals surface area contributed by atoms with Gasteiger partial charge < -0.3 is 4.42 Å². The van der Waals surface area contributed by atoms with Gasteiger partial charge in [0.05, 0.1) is 51.1 Å². The summed E-state index contributed by atoms with van der Waals surface area (Å²) >= 11 is 0. The highest BCUT2D eigenvalue weighted by molar-refractivity contribution is 6.25. The molecular weight excluding hydrogens is 601 g/mol. The molecule has 3 aromatic heterocycles. The van der Waals surface area contributed by atoms with Crippen LogP contribution >= 0.6 is 0 Å². The lowest BCUT2D eigenvalue weighted by Gasteiger charge is -2.14. The lowest BCUT2D eigenvalue weighted by molar-refractivity contribution is 0.619. The minimum Gasteiger partial charge on any atom is -0.464 e. The first-order valence-corrected chi connectivity index (χ1v) is 16.3. The number of fused-ring (bicyclic) bond motifs is 8. The molecule has 0 N–H and O–H groups in total. The van der Waals surface area contributed by atoms with Crippen LogP contribution in [0.15, 0.2) is 162 Å². The molecule has 0 aliphatic carbocycles. The van der Waals surface area contributed by atoms with Crippen molar-refractivity contribution in [3.8, 4) is 45.0 Å². The Morgan fingerprint density at radius 3 is 1.18 bits per heavy atom. The molecule has 0 bridgehead atoms. The fourth-order valence-corrected chi connectivity index (χ4v) is 6.99. The third-order valence-corrected chi connectivity index (χ3v) is 9.31. The van der Waals surface area contributed by atoms with Gasteiger partial charge >= 0.3 is 0 Å². The predicted octanol–water partition coefficient (Wildman–Crippen LogP) is 11.3. The first kappa shape index (κ1) is 27.4. The van der Waals surface area contributed by atoms with E-state index in [4.69, 9.17) is 24.4 Å². The lowest BCUT2D eigenvalue weighted by atomic mass is 9.93. The van der Waals surface area contributed by atoms with Crippen LogP contribution in [0, 0.1) is 0 Å². The quantitative estimate of drug-likeness (QED) is 0.182. The molecule has 10 aromatic rings. The molecule has 49 heavy (non-hydrogen) atoms. The summed E-state index contributed by atoms with van der Waals surface area (Å²) in [5, 5.41) is 5.40. The number of furan rings is 1. The lowest BCUT2D eigenvalue weighted by Crippen LogP contribution is -1.96. The highest BCUT2D eigenvalue weighted by Gasteiger charge is 2.19. The van der Waals surface area contributed by atoms with E-state index in [2.05, 4.69) is 66.7 Å². The van der Waals surface area contributed by atoms with Gasteiger partial charge in [0.1, 0.15) is 5.58 Å². The molecule has 0 unspecified atom stereocenters. The maximum atomic E-state index is 6.13. The van der Waals surface area contributed by atoms with Gasteiger partial charge in [0.2, 0.25) is 0 Å². The third kappa shape index (κ3) is 4.48.